The van der Waals surface area contributed by atoms with Gasteiger partial charge in [0.1, 0.15) is 0 Å². The minimum atomic E-state index is -6.69. The first-order valence-corrected chi connectivity index (χ1v) is 17.8. The van der Waals surface area contributed by atoms with Crippen LogP contribution in [-0.2, 0) is 9.05 Å². The Balaban J connectivity index is 0.00000110. The summed E-state index contributed by atoms with van der Waals surface area (Å²) in [6.07, 6.45) is 0. The number of benzene rings is 4. The van der Waals surface area contributed by atoms with Crippen molar-refractivity contribution in [2.75, 3.05) is 14.1 Å². The Hall–Kier alpha value is -1.87. The second-order valence-corrected chi connectivity index (χ2v) is 15.8. The number of rotatable bonds is 2. The molecule has 0 saturated carbocycles. The van der Waals surface area contributed by atoms with E-state index in [1.807, 2.05) is 31.5 Å². The second kappa shape index (κ2) is 10.9. The summed E-state index contributed by atoms with van der Waals surface area (Å²) in [6, 6.07) is 17.9. The van der Waals surface area contributed by atoms with Crippen molar-refractivity contribution < 1.29 is 32.5 Å². The second-order valence-electron chi connectivity index (χ2n) is 9.46. The van der Waals surface area contributed by atoms with Gasteiger partial charge in [-0.2, -0.15) is 0 Å². The summed E-state index contributed by atoms with van der Waals surface area (Å²) in [6.45, 7) is 0. The molecule has 0 atom stereocenters. The first-order chi connectivity index (χ1) is 20.8. The van der Waals surface area contributed by atoms with E-state index in [0.29, 0.717) is 11.1 Å². The van der Waals surface area contributed by atoms with Crippen molar-refractivity contribution in [3.63, 3.8) is 0 Å². The van der Waals surface area contributed by atoms with Crippen LogP contribution in [0.4, 0.5) is 0 Å². The molecule has 232 valence electrons. The zero-order valence-corrected chi connectivity index (χ0v) is 29.2. The van der Waals surface area contributed by atoms with Crippen molar-refractivity contribution in [3.05, 3.63) is 112 Å². The van der Waals surface area contributed by atoms with Crippen molar-refractivity contribution >= 4 is 112 Å². The average molecular weight is 779 g/mol. The molecule has 0 aliphatic carbocycles. The van der Waals surface area contributed by atoms with Gasteiger partial charge in [0, 0.05) is 0 Å². The Labute approximate surface area is 291 Å². The van der Waals surface area contributed by atoms with Crippen molar-refractivity contribution in [1.82, 2.24) is 0 Å². The predicted octanol–water partition coefficient (Wildman–Crippen LogP) is 11.1. The van der Waals surface area contributed by atoms with E-state index in [4.69, 9.17) is 120 Å². The molecule has 2 N–H and O–H groups in total. The van der Waals surface area contributed by atoms with E-state index in [1.54, 1.807) is 48.5 Å². The summed E-state index contributed by atoms with van der Waals surface area (Å²) in [7, 11) is -2.69. The van der Waals surface area contributed by atoms with Crippen LogP contribution < -0.4 is 23.4 Å². The van der Waals surface area contributed by atoms with E-state index in [1.165, 1.54) is 0 Å². The summed E-state index contributed by atoms with van der Waals surface area (Å²) in [5.74, 6) is -0.717. The van der Waals surface area contributed by atoms with E-state index in [2.05, 4.69) is 0 Å². The van der Waals surface area contributed by atoms with Gasteiger partial charge in [0.2, 0.25) is 0 Å². The summed E-state index contributed by atoms with van der Waals surface area (Å²) in [5, 5.41) is 0.721. The van der Waals surface area contributed by atoms with Gasteiger partial charge >= 0.3 is 274 Å². The summed E-state index contributed by atoms with van der Waals surface area (Å²) < 4.78 is 39.0. The van der Waals surface area contributed by atoms with Crippen LogP contribution in [0.25, 0.3) is 11.5 Å². The Morgan fingerprint density at radius 3 is 0.909 bits per heavy atom. The molecule has 3 aliphatic rings. The number of hydrogen-bond acceptors (Lipinski definition) is 6. The molecule has 4 aromatic rings. The molecule has 0 aromatic heterocycles. The third-order valence-corrected chi connectivity index (χ3v) is 13.2. The molecule has 0 amide bonds. The monoisotopic (exact) mass is 775 g/mol. The van der Waals surface area contributed by atoms with Gasteiger partial charge in [0.15, 0.2) is 0 Å². The van der Waals surface area contributed by atoms with Crippen LogP contribution in [0.15, 0.2) is 60.7 Å². The SMILES string of the molecule is C[NH2+]C.Clc1c(Cl)c(Cl)c2c(c1Cl)O[P-]13(OC(c4ccccc4)=C(c4ccccc4)O1)(O2)Oc1c(Cl)c(Cl)c(Cl)c(Cl)c1O3. The van der Waals surface area contributed by atoms with Crippen LogP contribution in [0.2, 0.25) is 40.2 Å². The van der Waals surface area contributed by atoms with Crippen LogP contribution in [0.1, 0.15) is 11.1 Å². The Morgan fingerprint density at radius 1 is 0.409 bits per heavy atom. The normalized spacial score (nSPS) is 18.9. The zero-order chi connectivity index (χ0) is 31.7. The molecular formula is C28H18Cl8NO6P. The first-order valence-electron chi connectivity index (χ1n) is 12.6. The number of hydrogen-bond donors (Lipinski definition) is 1. The quantitative estimate of drug-likeness (QED) is 0.124. The molecule has 0 bridgehead atoms. The average Bonchev–Trinajstić information content (AvgIpc) is 3.64. The fraction of sp³-hybridized carbons (Fsp3) is 0.0714. The van der Waals surface area contributed by atoms with Crippen LogP contribution in [0.5, 0.6) is 23.0 Å². The maximum absolute atomic E-state index is 6.69. The van der Waals surface area contributed by atoms with Gasteiger partial charge in [-0.1, -0.05) is 0 Å². The van der Waals surface area contributed by atoms with Gasteiger partial charge in [0.05, 0.1) is 14.1 Å². The van der Waals surface area contributed by atoms with Gasteiger partial charge in [-0.25, -0.2) is 0 Å². The Kier molecular flexibility index (Phi) is 7.91. The molecule has 3 heterocycles. The fourth-order valence-corrected chi connectivity index (χ4v) is 10.4. The van der Waals surface area contributed by atoms with Gasteiger partial charge in [0.25, 0.3) is 0 Å². The van der Waals surface area contributed by atoms with E-state index in [0.717, 1.165) is 0 Å². The van der Waals surface area contributed by atoms with Crippen molar-refractivity contribution in [2.24, 2.45) is 0 Å². The summed E-state index contributed by atoms with van der Waals surface area (Å²) >= 11 is 51.8. The third-order valence-electron chi connectivity index (χ3n) is 6.31. The fourth-order valence-electron chi connectivity index (χ4n) is 4.54. The van der Waals surface area contributed by atoms with Crippen LogP contribution in [0.3, 0.4) is 0 Å². The molecule has 7 rings (SSSR count). The van der Waals surface area contributed by atoms with Crippen molar-refractivity contribution in [1.29, 1.82) is 0 Å². The van der Waals surface area contributed by atoms with Crippen molar-refractivity contribution in [3.8, 4) is 23.0 Å². The van der Waals surface area contributed by atoms with Gasteiger partial charge < -0.3 is 5.32 Å². The number of fused-ring (bicyclic) bond motifs is 2. The van der Waals surface area contributed by atoms with Crippen LogP contribution in [-0.4, -0.2) is 14.1 Å². The molecule has 0 saturated heterocycles. The summed E-state index contributed by atoms with van der Waals surface area (Å²) in [5.41, 5.74) is 1.08. The molecule has 4 aromatic carbocycles. The van der Waals surface area contributed by atoms with Crippen LogP contribution >= 0.6 is 100 Å². The number of halogens is 8. The Morgan fingerprint density at radius 2 is 0.659 bits per heavy atom. The molecular weight excluding hydrogens is 761 g/mol. The molecule has 44 heavy (non-hydrogen) atoms. The van der Waals surface area contributed by atoms with Crippen molar-refractivity contribution in [2.45, 2.75) is 0 Å². The summed E-state index contributed by atoms with van der Waals surface area (Å²) in [4.78, 5) is 0. The molecule has 0 fully saturated rings. The third kappa shape index (κ3) is 4.56. The van der Waals surface area contributed by atoms with E-state index in [9.17, 15) is 0 Å². The first kappa shape index (κ1) is 32.1. The molecule has 16 heteroatoms. The van der Waals surface area contributed by atoms with Gasteiger partial charge in [-0.3, -0.25) is 0 Å². The minimum absolute atomic E-state index is 0.113. The Bertz CT molecular complexity index is 1690. The van der Waals surface area contributed by atoms with Gasteiger partial charge in [-0.15, -0.1) is 0 Å². The number of quaternary nitrogens is 1. The molecule has 1 spiro atoms. The molecule has 0 radical (unpaired) electrons. The number of nitrogens with two attached hydrogens (primary N) is 1. The van der Waals surface area contributed by atoms with E-state index in [-0.39, 0.29) is 74.7 Å². The van der Waals surface area contributed by atoms with Crippen LogP contribution in [0, 0.1) is 0 Å². The standard InChI is InChI=1S/C26H10Cl8O6P.C2H7N/c27-13-14(28)18(32)24-23(17(13)31)37-41(38-24,39-25-19(33)15(29)16(30)20(34)26(25)40-41)35-21(11-7-3-1-4-8-11)22(36-41)12-9-5-2-6-10-12;1-3-2/h1-10H;3H,1-2H3/q-1;/p+1. The van der Waals surface area contributed by atoms with E-state index < -0.39 is 7.31 Å². The zero-order valence-electron chi connectivity index (χ0n) is 22.3. The van der Waals surface area contributed by atoms with Gasteiger partial charge in [-0.05, 0) is 0 Å². The van der Waals surface area contributed by atoms with E-state index >= 15 is 0 Å². The maximum atomic E-state index is 6.64. The topological polar surface area (TPSA) is 72.0 Å². The molecule has 3 aliphatic heterocycles. The molecule has 7 nitrogen and oxygen atoms in total. The molecule has 0 unspecified atom stereocenters. The predicted molar refractivity (Wildman–Crippen MR) is 178 cm³/mol.